The second kappa shape index (κ2) is 9.78. The number of hydrogen-bond donors (Lipinski definition) is 2. The number of aliphatic imine (C=N–C) groups is 1. The zero-order valence-corrected chi connectivity index (χ0v) is 17.8. The van der Waals surface area contributed by atoms with Gasteiger partial charge in [0.2, 0.25) is 11.8 Å². The first-order valence-corrected chi connectivity index (χ1v) is 9.92. The van der Waals surface area contributed by atoms with Crippen molar-refractivity contribution in [3.63, 3.8) is 0 Å². The summed E-state index contributed by atoms with van der Waals surface area (Å²) >= 11 is 5.92. The molecule has 0 spiro atoms. The van der Waals surface area contributed by atoms with E-state index in [1.807, 2.05) is 61.8 Å². The molecule has 0 aromatic heterocycles. The third-order valence-electron chi connectivity index (χ3n) is 4.13. The minimum atomic E-state index is -0.297. The lowest BCUT2D eigenvalue weighted by Crippen LogP contribution is -2.55. The van der Waals surface area contributed by atoms with Crippen molar-refractivity contribution < 1.29 is 9.59 Å². The summed E-state index contributed by atoms with van der Waals surface area (Å²) in [4.78, 5) is 32.8. The predicted molar refractivity (Wildman–Crippen MR) is 112 cm³/mol. The van der Waals surface area contributed by atoms with E-state index in [1.165, 1.54) is 0 Å². The number of piperazine rings is 1. The van der Waals surface area contributed by atoms with Gasteiger partial charge in [0, 0.05) is 36.7 Å². The Morgan fingerprint density at radius 2 is 1.89 bits per heavy atom. The Morgan fingerprint density at radius 3 is 2.46 bits per heavy atom. The van der Waals surface area contributed by atoms with Gasteiger partial charge in [0.05, 0.1) is 6.54 Å². The molecule has 0 bridgehead atoms. The van der Waals surface area contributed by atoms with E-state index in [0.717, 1.165) is 5.56 Å². The van der Waals surface area contributed by atoms with Crippen molar-refractivity contribution in [1.29, 1.82) is 0 Å². The number of halogens is 1. The number of guanidine groups is 1. The number of nitrogens with one attached hydrogen (secondary N) is 2. The number of carbonyl (C=O) groups excluding carboxylic acids is 2. The van der Waals surface area contributed by atoms with Crippen molar-refractivity contribution in [2.45, 2.75) is 39.8 Å². The molecule has 0 saturated carbocycles. The topological polar surface area (TPSA) is 77.0 Å². The average molecular weight is 408 g/mol. The largest absolute Gasteiger partial charge is 0.356 e. The van der Waals surface area contributed by atoms with E-state index in [2.05, 4.69) is 15.6 Å². The van der Waals surface area contributed by atoms with Crippen molar-refractivity contribution >= 4 is 29.4 Å². The van der Waals surface area contributed by atoms with E-state index in [-0.39, 0.29) is 30.4 Å². The normalized spacial score (nSPS) is 15.6. The number of carbonyl (C=O) groups is 2. The highest BCUT2D eigenvalue weighted by molar-refractivity contribution is 6.30. The molecule has 1 aromatic rings. The van der Waals surface area contributed by atoms with Gasteiger partial charge in [-0.2, -0.15) is 0 Å². The number of hydrogen-bond acceptors (Lipinski definition) is 3. The molecule has 7 nitrogen and oxygen atoms in total. The summed E-state index contributed by atoms with van der Waals surface area (Å²) in [5.41, 5.74) is 0.749. The van der Waals surface area contributed by atoms with E-state index in [4.69, 9.17) is 11.6 Å². The maximum atomic E-state index is 12.6. The van der Waals surface area contributed by atoms with Crippen LogP contribution in [-0.4, -0.2) is 65.8 Å². The molecule has 1 heterocycles. The maximum Gasteiger partial charge on any atom is 0.242 e. The van der Waals surface area contributed by atoms with E-state index in [1.54, 1.807) is 0 Å². The highest BCUT2D eigenvalue weighted by Gasteiger charge is 2.26. The maximum absolute atomic E-state index is 12.6. The van der Waals surface area contributed by atoms with Gasteiger partial charge < -0.3 is 20.4 Å². The summed E-state index contributed by atoms with van der Waals surface area (Å²) in [6.07, 6.45) is 0. The fourth-order valence-electron chi connectivity index (χ4n) is 2.90. The molecule has 0 radical (unpaired) electrons. The monoisotopic (exact) mass is 407 g/mol. The van der Waals surface area contributed by atoms with Crippen LogP contribution in [0.4, 0.5) is 0 Å². The molecule has 154 valence electrons. The van der Waals surface area contributed by atoms with Crippen molar-refractivity contribution in [3.8, 4) is 0 Å². The number of nitrogens with zero attached hydrogens (tertiary/aromatic N) is 3. The molecule has 28 heavy (non-hydrogen) atoms. The smallest absolute Gasteiger partial charge is 0.242 e. The predicted octanol–water partition coefficient (Wildman–Crippen LogP) is 1.86. The second-order valence-electron chi connectivity index (χ2n) is 7.83. The molecule has 1 saturated heterocycles. The lowest BCUT2D eigenvalue weighted by Gasteiger charge is -2.36. The molecule has 2 rings (SSSR count). The van der Waals surface area contributed by atoms with Gasteiger partial charge in [-0.1, -0.05) is 23.7 Å². The summed E-state index contributed by atoms with van der Waals surface area (Å²) in [6.45, 7) is 10.5. The van der Waals surface area contributed by atoms with Crippen LogP contribution < -0.4 is 10.6 Å². The summed E-state index contributed by atoms with van der Waals surface area (Å²) in [5, 5.41) is 6.74. The van der Waals surface area contributed by atoms with Gasteiger partial charge in [-0.3, -0.25) is 9.59 Å². The van der Waals surface area contributed by atoms with Gasteiger partial charge in [0.25, 0.3) is 0 Å². The molecule has 1 aromatic carbocycles. The van der Waals surface area contributed by atoms with Crippen LogP contribution in [0.15, 0.2) is 29.3 Å². The molecule has 1 fully saturated rings. The molecule has 2 N–H and O–H groups in total. The molecule has 0 aliphatic carbocycles. The zero-order valence-electron chi connectivity index (χ0n) is 17.1. The van der Waals surface area contributed by atoms with Crippen LogP contribution in [-0.2, 0) is 16.1 Å². The van der Waals surface area contributed by atoms with Crippen molar-refractivity contribution in [3.05, 3.63) is 34.9 Å². The van der Waals surface area contributed by atoms with Crippen molar-refractivity contribution in [2.24, 2.45) is 4.99 Å². The average Bonchev–Trinajstić information content (AvgIpc) is 2.60. The number of rotatable bonds is 5. The third-order valence-corrected chi connectivity index (χ3v) is 4.38. The first kappa shape index (κ1) is 22.0. The summed E-state index contributed by atoms with van der Waals surface area (Å²) in [5.74, 6) is 0.479. The molecular weight excluding hydrogens is 378 g/mol. The highest BCUT2D eigenvalue weighted by Crippen LogP contribution is 2.13. The Bertz CT molecular complexity index is 712. The van der Waals surface area contributed by atoms with Gasteiger partial charge in [0.15, 0.2) is 5.96 Å². The second-order valence-corrected chi connectivity index (χ2v) is 8.27. The number of benzene rings is 1. The molecule has 1 aliphatic heterocycles. The summed E-state index contributed by atoms with van der Waals surface area (Å²) in [6, 6.07) is 7.52. The minimum absolute atomic E-state index is 0.0266. The van der Waals surface area contributed by atoms with Gasteiger partial charge in [-0.05, 0) is 45.4 Å². The van der Waals surface area contributed by atoms with E-state index >= 15 is 0 Å². The molecule has 2 amide bonds. The quantitative estimate of drug-likeness (QED) is 0.577. The molecular formula is C20H30ClN5O2. The van der Waals surface area contributed by atoms with E-state index in [0.29, 0.717) is 37.2 Å². The van der Waals surface area contributed by atoms with Crippen molar-refractivity contribution in [2.75, 3.05) is 32.7 Å². The van der Waals surface area contributed by atoms with Crippen molar-refractivity contribution in [1.82, 2.24) is 20.4 Å². The lowest BCUT2D eigenvalue weighted by atomic mass is 10.1. The zero-order chi connectivity index (χ0) is 20.7. The molecule has 8 heteroatoms. The van der Waals surface area contributed by atoms with Gasteiger partial charge >= 0.3 is 0 Å². The van der Waals surface area contributed by atoms with Crippen LogP contribution in [0.2, 0.25) is 5.02 Å². The fourth-order valence-corrected chi connectivity index (χ4v) is 3.02. The lowest BCUT2D eigenvalue weighted by molar-refractivity contribution is -0.135. The Balaban J connectivity index is 1.96. The van der Waals surface area contributed by atoms with Crippen LogP contribution in [0.25, 0.3) is 0 Å². The standard InChI is InChI=1S/C20H30ClN5O2/c1-5-22-19(23-12-17(27)24-20(2,3)4)26-11-10-25(18(28)14-26)13-15-6-8-16(21)9-7-15/h6-9H,5,10-14H2,1-4H3,(H,22,23)(H,24,27). The Hall–Kier alpha value is -2.28. The Labute approximate surface area is 172 Å². The number of amides is 2. The molecule has 0 atom stereocenters. The van der Waals surface area contributed by atoms with Crippen LogP contribution >= 0.6 is 11.6 Å². The molecule has 1 aliphatic rings. The third kappa shape index (κ3) is 7.03. The molecule has 0 unspecified atom stereocenters. The van der Waals surface area contributed by atoms with Gasteiger partial charge in [-0.25, -0.2) is 4.99 Å². The van der Waals surface area contributed by atoms with Gasteiger partial charge in [-0.15, -0.1) is 0 Å². The Kier molecular flexibility index (Phi) is 7.69. The van der Waals surface area contributed by atoms with Crippen LogP contribution in [0, 0.1) is 0 Å². The van der Waals surface area contributed by atoms with Gasteiger partial charge in [0.1, 0.15) is 6.54 Å². The van der Waals surface area contributed by atoms with Crippen LogP contribution in [0.5, 0.6) is 0 Å². The summed E-state index contributed by atoms with van der Waals surface area (Å²) < 4.78 is 0. The first-order valence-electron chi connectivity index (χ1n) is 9.54. The van der Waals surface area contributed by atoms with Crippen LogP contribution in [0.3, 0.4) is 0 Å². The first-order chi connectivity index (χ1) is 13.2. The highest BCUT2D eigenvalue weighted by atomic mass is 35.5. The van der Waals surface area contributed by atoms with Crippen LogP contribution in [0.1, 0.15) is 33.3 Å². The Morgan fingerprint density at radius 1 is 1.21 bits per heavy atom. The minimum Gasteiger partial charge on any atom is -0.356 e. The van der Waals surface area contributed by atoms with E-state index < -0.39 is 0 Å². The summed E-state index contributed by atoms with van der Waals surface area (Å²) in [7, 11) is 0. The SMILES string of the molecule is CCNC(=NCC(=O)NC(C)(C)C)N1CCN(Cc2ccc(Cl)cc2)C(=O)C1. The fraction of sp³-hybridized carbons (Fsp3) is 0.550. The van der Waals surface area contributed by atoms with E-state index in [9.17, 15) is 9.59 Å².